The first kappa shape index (κ1) is 10.7. The molecule has 0 saturated heterocycles. The minimum atomic E-state index is 1.00. The molecule has 0 amide bonds. The van der Waals surface area contributed by atoms with Gasteiger partial charge in [-0.15, -0.1) is 0 Å². The van der Waals surface area contributed by atoms with E-state index < -0.39 is 0 Å². The Morgan fingerprint density at radius 1 is 1.12 bits per heavy atom. The molecule has 0 radical (unpaired) electrons. The molecule has 16 heavy (non-hydrogen) atoms. The van der Waals surface area contributed by atoms with Crippen molar-refractivity contribution in [1.82, 2.24) is 5.32 Å². The zero-order valence-electron chi connectivity index (χ0n) is 9.66. The van der Waals surface area contributed by atoms with Crippen molar-refractivity contribution in [2.45, 2.75) is 19.8 Å². The summed E-state index contributed by atoms with van der Waals surface area (Å²) in [6.07, 6.45) is 6.51. The van der Waals surface area contributed by atoms with Crippen molar-refractivity contribution in [3.05, 3.63) is 66.0 Å². The van der Waals surface area contributed by atoms with Crippen LogP contribution in [-0.2, 0) is 0 Å². The van der Waals surface area contributed by atoms with Gasteiger partial charge in [-0.2, -0.15) is 0 Å². The maximum atomic E-state index is 3.85. The summed E-state index contributed by atoms with van der Waals surface area (Å²) in [5.41, 5.74) is 5.00. The summed E-state index contributed by atoms with van der Waals surface area (Å²) in [4.78, 5) is 0. The monoisotopic (exact) mass is 211 g/mol. The molecule has 1 heteroatoms. The van der Waals surface area contributed by atoms with Gasteiger partial charge in [0.1, 0.15) is 0 Å². The number of hydrogen-bond acceptors (Lipinski definition) is 1. The van der Waals surface area contributed by atoms with Gasteiger partial charge in [0, 0.05) is 11.4 Å². The molecule has 0 fully saturated rings. The molecule has 0 spiro atoms. The first-order valence-corrected chi connectivity index (χ1v) is 5.63. The van der Waals surface area contributed by atoms with Crippen LogP contribution in [-0.4, -0.2) is 0 Å². The van der Waals surface area contributed by atoms with E-state index in [-0.39, 0.29) is 0 Å². The Bertz CT molecular complexity index is 438. The van der Waals surface area contributed by atoms with E-state index in [0.717, 1.165) is 18.5 Å². The van der Waals surface area contributed by atoms with E-state index in [1.54, 1.807) is 0 Å². The third-order valence-corrected chi connectivity index (χ3v) is 2.67. The van der Waals surface area contributed by atoms with Crippen LogP contribution in [0.25, 0.3) is 5.57 Å². The average molecular weight is 211 g/mol. The molecule has 0 saturated carbocycles. The van der Waals surface area contributed by atoms with Crippen LogP contribution in [0.5, 0.6) is 0 Å². The lowest BCUT2D eigenvalue weighted by molar-refractivity contribution is 0.848. The number of hydrogen-bond donors (Lipinski definition) is 1. The number of rotatable bonds is 3. The third kappa shape index (κ3) is 2.63. The molecule has 1 aromatic rings. The van der Waals surface area contributed by atoms with Crippen molar-refractivity contribution in [3.8, 4) is 0 Å². The van der Waals surface area contributed by atoms with Crippen LogP contribution in [0.1, 0.15) is 25.3 Å². The number of nitrogens with one attached hydrogen (secondary N) is 1. The summed E-state index contributed by atoms with van der Waals surface area (Å²) in [7, 11) is 0. The lowest BCUT2D eigenvalue weighted by Crippen LogP contribution is -2.11. The lowest BCUT2D eigenvalue weighted by atomic mass is 9.96. The smallest absolute Gasteiger partial charge is 0.0151 e. The van der Waals surface area contributed by atoms with Gasteiger partial charge in [-0.3, -0.25) is 0 Å². The van der Waals surface area contributed by atoms with Crippen molar-refractivity contribution in [2.75, 3.05) is 0 Å². The molecule has 2 rings (SSSR count). The van der Waals surface area contributed by atoms with Crippen LogP contribution in [0.4, 0.5) is 0 Å². The predicted molar refractivity (Wildman–Crippen MR) is 69.7 cm³/mol. The largest absolute Gasteiger partial charge is 0.363 e. The van der Waals surface area contributed by atoms with Crippen molar-refractivity contribution in [1.29, 1.82) is 0 Å². The van der Waals surface area contributed by atoms with E-state index in [9.17, 15) is 0 Å². The molecule has 82 valence electrons. The first-order valence-electron chi connectivity index (χ1n) is 5.63. The molecule has 1 nitrogen and oxygen atoms in total. The second-order valence-electron chi connectivity index (χ2n) is 4.16. The summed E-state index contributed by atoms with van der Waals surface area (Å²) < 4.78 is 0. The van der Waals surface area contributed by atoms with Crippen LogP contribution in [0.3, 0.4) is 0 Å². The van der Waals surface area contributed by atoms with Crippen LogP contribution < -0.4 is 5.32 Å². The molecule has 0 unspecified atom stereocenters. The minimum Gasteiger partial charge on any atom is -0.363 e. The molecule has 1 aromatic carbocycles. The second kappa shape index (κ2) is 4.84. The van der Waals surface area contributed by atoms with Crippen molar-refractivity contribution in [3.63, 3.8) is 0 Å². The summed E-state index contributed by atoms with van der Waals surface area (Å²) in [5, 5.41) is 3.28. The molecule has 0 heterocycles. The van der Waals surface area contributed by atoms with Gasteiger partial charge in [0.25, 0.3) is 0 Å². The highest BCUT2D eigenvalue weighted by Crippen LogP contribution is 2.25. The quantitative estimate of drug-likeness (QED) is 0.800. The van der Waals surface area contributed by atoms with Crippen LogP contribution >= 0.6 is 0 Å². The SMILES string of the molecule is C=C(C)NC1=CC=C(c2ccccc2)CC1. The Labute approximate surface area is 97.2 Å². The van der Waals surface area contributed by atoms with Crippen LogP contribution in [0.15, 0.2) is 60.5 Å². The summed E-state index contributed by atoms with van der Waals surface area (Å²) >= 11 is 0. The van der Waals surface area contributed by atoms with Gasteiger partial charge in [0.2, 0.25) is 0 Å². The lowest BCUT2D eigenvalue weighted by Gasteiger charge is -2.16. The highest BCUT2D eigenvalue weighted by atomic mass is 14.9. The van der Waals surface area contributed by atoms with Gasteiger partial charge in [0.15, 0.2) is 0 Å². The molecule has 1 N–H and O–H groups in total. The Morgan fingerprint density at radius 2 is 1.88 bits per heavy atom. The van der Waals surface area contributed by atoms with E-state index >= 15 is 0 Å². The fourth-order valence-corrected chi connectivity index (χ4v) is 1.91. The highest BCUT2D eigenvalue weighted by molar-refractivity contribution is 5.68. The summed E-state index contributed by atoms with van der Waals surface area (Å²) in [5.74, 6) is 0. The molecule has 0 aromatic heterocycles. The van der Waals surface area contributed by atoms with Crippen molar-refractivity contribution < 1.29 is 0 Å². The number of allylic oxidation sites excluding steroid dienone is 5. The standard InChI is InChI=1S/C15H17N/c1-12(2)16-15-10-8-14(9-11-15)13-6-4-3-5-7-13/h3-8,10,16H,1,9,11H2,2H3. The minimum absolute atomic E-state index is 1.00. The summed E-state index contributed by atoms with van der Waals surface area (Å²) in [6.45, 7) is 5.84. The van der Waals surface area contributed by atoms with Gasteiger partial charge < -0.3 is 5.32 Å². The normalized spacial score (nSPS) is 15.1. The molecule has 1 aliphatic carbocycles. The van der Waals surface area contributed by atoms with E-state index in [1.807, 2.05) is 6.92 Å². The Morgan fingerprint density at radius 3 is 2.44 bits per heavy atom. The second-order valence-corrected chi connectivity index (χ2v) is 4.16. The molecular formula is C15H17N. The molecular weight excluding hydrogens is 194 g/mol. The topological polar surface area (TPSA) is 12.0 Å². The highest BCUT2D eigenvalue weighted by Gasteiger charge is 2.07. The average Bonchev–Trinajstić information content (AvgIpc) is 2.30. The van der Waals surface area contributed by atoms with Gasteiger partial charge >= 0.3 is 0 Å². The Kier molecular flexibility index (Phi) is 3.25. The third-order valence-electron chi connectivity index (χ3n) is 2.67. The van der Waals surface area contributed by atoms with E-state index in [4.69, 9.17) is 0 Å². The van der Waals surface area contributed by atoms with E-state index in [0.29, 0.717) is 0 Å². The molecule has 1 aliphatic rings. The first-order chi connectivity index (χ1) is 7.75. The van der Waals surface area contributed by atoms with Gasteiger partial charge in [-0.25, -0.2) is 0 Å². The maximum Gasteiger partial charge on any atom is 0.0151 e. The molecule has 0 atom stereocenters. The molecule has 0 aliphatic heterocycles. The van der Waals surface area contributed by atoms with Crippen molar-refractivity contribution in [2.24, 2.45) is 0 Å². The predicted octanol–water partition coefficient (Wildman–Crippen LogP) is 3.87. The van der Waals surface area contributed by atoms with E-state index in [1.165, 1.54) is 16.8 Å². The van der Waals surface area contributed by atoms with Gasteiger partial charge in [-0.05, 0) is 37.0 Å². The molecule has 0 bridgehead atoms. The Balaban J connectivity index is 2.13. The summed E-state index contributed by atoms with van der Waals surface area (Å²) in [6, 6.07) is 10.5. The zero-order chi connectivity index (χ0) is 11.4. The fraction of sp³-hybridized carbons (Fsp3) is 0.200. The van der Waals surface area contributed by atoms with Gasteiger partial charge in [0.05, 0.1) is 0 Å². The van der Waals surface area contributed by atoms with Crippen LogP contribution in [0.2, 0.25) is 0 Å². The number of benzene rings is 1. The van der Waals surface area contributed by atoms with Crippen molar-refractivity contribution >= 4 is 5.57 Å². The maximum absolute atomic E-state index is 3.85. The fourth-order valence-electron chi connectivity index (χ4n) is 1.91. The zero-order valence-corrected chi connectivity index (χ0v) is 9.66. The van der Waals surface area contributed by atoms with Gasteiger partial charge in [-0.1, -0.05) is 43.0 Å². The van der Waals surface area contributed by atoms with Crippen LogP contribution in [0, 0.1) is 0 Å². The van der Waals surface area contributed by atoms with E-state index in [2.05, 4.69) is 54.4 Å². The Hall–Kier alpha value is -1.76.